The monoisotopic (exact) mass is 223 g/mol. The average Bonchev–Trinajstić information content (AvgIpc) is 2.40. The minimum absolute atomic E-state index is 0.786. The molecule has 1 heterocycles. The highest BCUT2D eigenvalue weighted by atomic mass is 14.7. The molecule has 1 aromatic heterocycles. The van der Waals surface area contributed by atoms with E-state index >= 15 is 0 Å². The second kappa shape index (κ2) is 4.70. The number of allylic oxidation sites excluding steroid dienone is 2. The number of fused-ring (bicyclic) bond motifs is 1. The van der Waals surface area contributed by atoms with Gasteiger partial charge in [0.05, 0.1) is 5.52 Å². The lowest BCUT2D eigenvalue weighted by Crippen LogP contribution is -2.07. The number of hydrogen-bond acceptors (Lipinski definition) is 1. The van der Waals surface area contributed by atoms with Gasteiger partial charge in [0, 0.05) is 11.1 Å². The van der Waals surface area contributed by atoms with E-state index in [1.807, 2.05) is 0 Å². The Kier molecular flexibility index (Phi) is 2.91. The molecule has 0 saturated heterocycles. The molecule has 0 spiro atoms. The minimum Gasteiger partial charge on any atom is -0.253 e. The summed E-state index contributed by atoms with van der Waals surface area (Å²) in [4.78, 5) is 4.75. The molecule has 2 aromatic rings. The van der Waals surface area contributed by atoms with Gasteiger partial charge in [-0.25, -0.2) is 0 Å². The van der Waals surface area contributed by atoms with Gasteiger partial charge in [-0.15, -0.1) is 0 Å². The summed E-state index contributed by atoms with van der Waals surface area (Å²) in [5.74, 6) is 0.786. The first-order valence-corrected chi connectivity index (χ1v) is 6.41. The molecule has 0 saturated carbocycles. The predicted octanol–water partition coefficient (Wildman–Crippen LogP) is 4.13. The van der Waals surface area contributed by atoms with Crippen LogP contribution in [0.15, 0.2) is 48.6 Å². The quantitative estimate of drug-likeness (QED) is 0.697. The van der Waals surface area contributed by atoms with E-state index in [1.165, 1.54) is 30.3 Å². The predicted molar refractivity (Wildman–Crippen MR) is 71.9 cm³/mol. The van der Waals surface area contributed by atoms with E-state index < -0.39 is 0 Å². The molecular formula is C16H17N. The molecule has 3 rings (SSSR count). The molecule has 86 valence electrons. The fourth-order valence-corrected chi connectivity index (χ4v) is 2.56. The van der Waals surface area contributed by atoms with Gasteiger partial charge in [0.25, 0.3) is 0 Å². The van der Waals surface area contributed by atoms with Crippen molar-refractivity contribution < 1.29 is 0 Å². The SMILES string of the molecule is C1=CCC(Cc2ccc3ccccc3n2)CC1. The summed E-state index contributed by atoms with van der Waals surface area (Å²) in [5.41, 5.74) is 2.36. The summed E-state index contributed by atoms with van der Waals surface area (Å²) in [5, 5.41) is 1.24. The van der Waals surface area contributed by atoms with Crippen molar-refractivity contribution in [3.8, 4) is 0 Å². The molecule has 1 nitrogen and oxygen atoms in total. The Morgan fingerprint density at radius 3 is 2.88 bits per heavy atom. The van der Waals surface area contributed by atoms with Crippen LogP contribution in [-0.2, 0) is 6.42 Å². The van der Waals surface area contributed by atoms with E-state index in [0.29, 0.717) is 0 Å². The zero-order chi connectivity index (χ0) is 11.5. The van der Waals surface area contributed by atoms with Gasteiger partial charge in [-0.3, -0.25) is 4.98 Å². The number of para-hydroxylation sites is 1. The van der Waals surface area contributed by atoms with Crippen LogP contribution in [0.25, 0.3) is 10.9 Å². The van der Waals surface area contributed by atoms with Gasteiger partial charge >= 0.3 is 0 Å². The fraction of sp³-hybridized carbons (Fsp3) is 0.312. The molecule has 0 aliphatic heterocycles. The molecule has 0 radical (unpaired) electrons. The number of rotatable bonds is 2. The van der Waals surface area contributed by atoms with Crippen molar-refractivity contribution in [1.82, 2.24) is 4.98 Å². The van der Waals surface area contributed by atoms with Crippen LogP contribution < -0.4 is 0 Å². The maximum Gasteiger partial charge on any atom is 0.0705 e. The number of benzene rings is 1. The molecule has 1 aliphatic carbocycles. The van der Waals surface area contributed by atoms with Crippen molar-refractivity contribution in [2.24, 2.45) is 5.92 Å². The zero-order valence-corrected chi connectivity index (χ0v) is 9.97. The molecule has 1 unspecified atom stereocenters. The second-order valence-corrected chi connectivity index (χ2v) is 4.85. The van der Waals surface area contributed by atoms with Gasteiger partial charge in [0.15, 0.2) is 0 Å². The first-order chi connectivity index (χ1) is 8.42. The highest BCUT2D eigenvalue weighted by Crippen LogP contribution is 2.22. The Morgan fingerprint density at radius 2 is 2.00 bits per heavy atom. The first-order valence-electron chi connectivity index (χ1n) is 6.41. The summed E-state index contributed by atoms with van der Waals surface area (Å²) in [6.07, 6.45) is 9.49. The van der Waals surface area contributed by atoms with Crippen LogP contribution >= 0.6 is 0 Å². The highest BCUT2D eigenvalue weighted by molar-refractivity contribution is 5.78. The van der Waals surface area contributed by atoms with E-state index in [-0.39, 0.29) is 0 Å². The van der Waals surface area contributed by atoms with E-state index in [1.54, 1.807) is 0 Å². The largest absolute Gasteiger partial charge is 0.253 e. The summed E-state index contributed by atoms with van der Waals surface area (Å²) in [7, 11) is 0. The molecule has 1 heteroatoms. The van der Waals surface area contributed by atoms with E-state index in [4.69, 9.17) is 4.98 Å². The summed E-state index contributed by atoms with van der Waals surface area (Å²) in [6.45, 7) is 0. The van der Waals surface area contributed by atoms with Gasteiger partial charge in [-0.05, 0) is 43.7 Å². The number of aromatic nitrogens is 1. The maximum absolute atomic E-state index is 4.75. The smallest absolute Gasteiger partial charge is 0.0705 e. The third kappa shape index (κ3) is 2.38. The molecule has 0 N–H and O–H groups in total. The van der Waals surface area contributed by atoms with Crippen molar-refractivity contribution in [3.63, 3.8) is 0 Å². The van der Waals surface area contributed by atoms with Crippen molar-refractivity contribution in [2.45, 2.75) is 25.7 Å². The lowest BCUT2D eigenvalue weighted by Gasteiger charge is -2.17. The average molecular weight is 223 g/mol. The highest BCUT2D eigenvalue weighted by Gasteiger charge is 2.11. The second-order valence-electron chi connectivity index (χ2n) is 4.85. The normalized spacial score (nSPS) is 19.6. The van der Waals surface area contributed by atoms with E-state index in [2.05, 4.69) is 48.6 Å². The third-order valence-corrected chi connectivity index (χ3v) is 3.53. The van der Waals surface area contributed by atoms with Crippen molar-refractivity contribution >= 4 is 10.9 Å². The summed E-state index contributed by atoms with van der Waals surface area (Å²) < 4.78 is 0. The standard InChI is InChI=1S/C16H17N/c1-2-6-13(7-3-1)12-15-11-10-14-8-4-5-9-16(14)17-15/h1-2,4-5,8-11,13H,3,6-7,12H2. The molecule has 0 fully saturated rings. The first kappa shape index (κ1) is 10.5. The number of nitrogens with zero attached hydrogens (tertiary/aromatic N) is 1. The Labute approximate surface area is 102 Å². The topological polar surface area (TPSA) is 12.9 Å². The third-order valence-electron chi connectivity index (χ3n) is 3.53. The van der Waals surface area contributed by atoms with Gasteiger partial charge in [-0.2, -0.15) is 0 Å². The fourth-order valence-electron chi connectivity index (χ4n) is 2.56. The lowest BCUT2D eigenvalue weighted by molar-refractivity contribution is 0.473. The Morgan fingerprint density at radius 1 is 1.06 bits per heavy atom. The van der Waals surface area contributed by atoms with Gasteiger partial charge < -0.3 is 0 Å². The van der Waals surface area contributed by atoms with Crippen molar-refractivity contribution in [1.29, 1.82) is 0 Å². The molecule has 17 heavy (non-hydrogen) atoms. The van der Waals surface area contributed by atoms with Crippen molar-refractivity contribution in [3.05, 3.63) is 54.2 Å². The zero-order valence-electron chi connectivity index (χ0n) is 9.97. The molecule has 1 atom stereocenters. The maximum atomic E-state index is 4.75. The summed E-state index contributed by atoms with van der Waals surface area (Å²) >= 11 is 0. The molecule has 0 amide bonds. The Bertz CT molecular complexity index is 542. The molecule has 1 aromatic carbocycles. The van der Waals surface area contributed by atoms with E-state index in [9.17, 15) is 0 Å². The Balaban J connectivity index is 1.83. The van der Waals surface area contributed by atoms with Gasteiger partial charge in [-0.1, -0.05) is 36.4 Å². The van der Waals surface area contributed by atoms with Crippen LogP contribution in [0, 0.1) is 5.92 Å². The minimum atomic E-state index is 0.786. The Hall–Kier alpha value is -1.63. The van der Waals surface area contributed by atoms with Crippen LogP contribution in [0.1, 0.15) is 25.0 Å². The van der Waals surface area contributed by atoms with Crippen molar-refractivity contribution in [2.75, 3.05) is 0 Å². The number of hydrogen-bond donors (Lipinski definition) is 0. The van der Waals surface area contributed by atoms with Crippen LogP contribution in [0.3, 0.4) is 0 Å². The van der Waals surface area contributed by atoms with Gasteiger partial charge in [0.2, 0.25) is 0 Å². The van der Waals surface area contributed by atoms with E-state index in [0.717, 1.165) is 17.9 Å². The van der Waals surface area contributed by atoms with Gasteiger partial charge in [0.1, 0.15) is 0 Å². The van der Waals surface area contributed by atoms with Crippen LogP contribution in [-0.4, -0.2) is 4.98 Å². The molecule has 0 bridgehead atoms. The number of pyridine rings is 1. The summed E-state index contributed by atoms with van der Waals surface area (Å²) in [6, 6.07) is 12.7. The van der Waals surface area contributed by atoms with Crippen LogP contribution in [0.5, 0.6) is 0 Å². The van der Waals surface area contributed by atoms with Crippen LogP contribution in [0.2, 0.25) is 0 Å². The molecule has 1 aliphatic rings. The lowest BCUT2D eigenvalue weighted by atomic mass is 9.90. The van der Waals surface area contributed by atoms with Crippen LogP contribution in [0.4, 0.5) is 0 Å². The molecular weight excluding hydrogens is 206 g/mol.